The highest BCUT2D eigenvalue weighted by molar-refractivity contribution is 5.30. The Bertz CT molecular complexity index is 170. The van der Waals surface area contributed by atoms with E-state index in [0.29, 0.717) is 11.5 Å². The molecule has 1 aromatic rings. The minimum Gasteiger partial charge on any atom is -0.497 e. The summed E-state index contributed by atoms with van der Waals surface area (Å²) in [5.74, 6) is 1.00. The average molecular weight is 139 g/mol. The summed E-state index contributed by atoms with van der Waals surface area (Å²) in [5.41, 5.74) is 0. The van der Waals surface area contributed by atoms with Gasteiger partial charge in [-0.05, 0) is 24.3 Å². The molecule has 0 heterocycles. The number of hydrogen-bond acceptors (Lipinski definition) is 2. The van der Waals surface area contributed by atoms with Crippen LogP contribution in [0.2, 0.25) is 0 Å². The lowest BCUT2D eigenvalue weighted by Gasteiger charge is -1.97. The third-order valence-electron chi connectivity index (χ3n) is 1.16. The zero-order chi connectivity index (χ0) is 7.40. The molecule has 0 atom stereocenters. The number of methoxy groups -OCH3 is 1. The van der Waals surface area contributed by atoms with Crippen molar-refractivity contribution in [1.82, 2.24) is 0 Å². The van der Waals surface area contributed by atoms with E-state index in [1.165, 1.54) is 0 Å². The smallest absolute Gasteiger partial charge is 0.169 e. The van der Waals surface area contributed by atoms with Crippen molar-refractivity contribution in [3.63, 3.8) is 0 Å². The molecule has 0 aliphatic heterocycles. The van der Waals surface area contributed by atoms with Crippen molar-refractivity contribution >= 4 is 0 Å². The van der Waals surface area contributed by atoms with Crippen LogP contribution in [0.25, 0.3) is 0 Å². The van der Waals surface area contributed by atoms with Gasteiger partial charge in [0.1, 0.15) is 5.75 Å². The SMILES string of the molecule is COc1ccc(O[O])cc1. The third kappa shape index (κ3) is 1.39. The van der Waals surface area contributed by atoms with E-state index in [0.717, 1.165) is 0 Å². The van der Waals surface area contributed by atoms with Gasteiger partial charge in [0.25, 0.3) is 0 Å². The highest BCUT2D eigenvalue weighted by Crippen LogP contribution is 2.15. The minimum absolute atomic E-state index is 0.292. The molecule has 1 aromatic carbocycles. The van der Waals surface area contributed by atoms with Gasteiger partial charge in [-0.2, -0.15) is 0 Å². The second kappa shape index (κ2) is 3.08. The number of hydrogen-bond donors (Lipinski definition) is 0. The Labute approximate surface area is 58.7 Å². The molecular weight excluding hydrogens is 132 g/mol. The molecule has 3 nitrogen and oxygen atoms in total. The van der Waals surface area contributed by atoms with Crippen molar-refractivity contribution in [3.05, 3.63) is 24.3 Å². The summed E-state index contributed by atoms with van der Waals surface area (Å²) >= 11 is 0. The van der Waals surface area contributed by atoms with Gasteiger partial charge in [-0.25, -0.2) is 0 Å². The van der Waals surface area contributed by atoms with Gasteiger partial charge in [0.15, 0.2) is 5.75 Å². The molecule has 0 saturated carbocycles. The van der Waals surface area contributed by atoms with Gasteiger partial charge in [0.05, 0.1) is 7.11 Å². The van der Waals surface area contributed by atoms with Gasteiger partial charge in [-0.1, -0.05) is 0 Å². The Morgan fingerprint density at radius 3 is 2.00 bits per heavy atom. The lowest BCUT2D eigenvalue weighted by Crippen LogP contribution is -1.83. The fourth-order valence-electron chi connectivity index (χ4n) is 0.631. The fraction of sp³-hybridized carbons (Fsp3) is 0.143. The lowest BCUT2D eigenvalue weighted by atomic mass is 10.3. The van der Waals surface area contributed by atoms with Crippen molar-refractivity contribution in [2.24, 2.45) is 0 Å². The summed E-state index contributed by atoms with van der Waals surface area (Å²) in [7, 11) is 1.56. The van der Waals surface area contributed by atoms with Crippen molar-refractivity contribution in [1.29, 1.82) is 0 Å². The van der Waals surface area contributed by atoms with Crippen LogP contribution in [0.4, 0.5) is 0 Å². The van der Waals surface area contributed by atoms with Crippen molar-refractivity contribution in [2.45, 2.75) is 0 Å². The quantitative estimate of drug-likeness (QED) is 0.459. The number of rotatable bonds is 2. The lowest BCUT2D eigenvalue weighted by molar-refractivity contribution is -0.208. The zero-order valence-corrected chi connectivity index (χ0v) is 5.53. The van der Waals surface area contributed by atoms with Crippen LogP contribution < -0.4 is 9.62 Å². The summed E-state index contributed by atoms with van der Waals surface area (Å²) in [5, 5.41) is 9.79. The average Bonchev–Trinajstić information content (AvgIpc) is 2.05. The molecule has 0 N–H and O–H groups in total. The van der Waals surface area contributed by atoms with Gasteiger partial charge in [0.2, 0.25) is 0 Å². The Morgan fingerprint density at radius 1 is 1.10 bits per heavy atom. The summed E-state index contributed by atoms with van der Waals surface area (Å²) in [6, 6.07) is 6.41. The van der Waals surface area contributed by atoms with E-state index in [4.69, 9.17) is 4.74 Å². The van der Waals surface area contributed by atoms with Crippen LogP contribution in [0.15, 0.2) is 24.3 Å². The molecule has 0 bridgehead atoms. The largest absolute Gasteiger partial charge is 0.497 e. The molecule has 10 heavy (non-hydrogen) atoms. The Kier molecular flexibility index (Phi) is 2.12. The van der Waals surface area contributed by atoms with E-state index in [2.05, 4.69) is 4.89 Å². The maximum Gasteiger partial charge on any atom is 0.169 e. The van der Waals surface area contributed by atoms with E-state index in [-0.39, 0.29) is 0 Å². The van der Waals surface area contributed by atoms with Crippen LogP contribution in [0, 0.1) is 0 Å². The summed E-state index contributed by atoms with van der Waals surface area (Å²) < 4.78 is 4.86. The van der Waals surface area contributed by atoms with E-state index in [1.54, 1.807) is 31.4 Å². The predicted octanol–water partition coefficient (Wildman–Crippen LogP) is 1.42. The molecule has 0 aliphatic rings. The summed E-state index contributed by atoms with van der Waals surface area (Å²) in [6.07, 6.45) is 0. The molecule has 0 amide bonds. The first-order valence-electron chi connectivity index (χ1n) is 2.80. The first kappa shape index (κ1) is 6.89. The molecule has 53 valence electrons. The molecule has 1 rings (SSSR count). The predicted molar refractivity (Wildman–Crippen MR) is 34.3 cm³/mol. The fourth-order valence-corrected chi connectivity index (χ4v) is 0.631. The molecule has 1 radical (unpaired) electrons. The van der Waals surface area contributed by atoms with E-state index in [1.807, 2.05) is 0 Å². The van der Waals surface area contributed by atoms with Crippen molar-refractivity contribution in [2.75, 3.05) is 7.11 Å². The van der Waals surface area contributed by atoms with E-state index < -0.39 is 0 Å². The summed E-state index contributed by atoms with van der Waals surface area (Å²) in [4.78, 5) is 3.71. The summed E-state index contributed by atoms with van der Waals surface area (Å²) in [6.45, 7) is 0. The molecule has 0 fully saturated rings. The normalized spacial score (nSPS) is 9.00. The first-order valence-corrected chi connectivity index (χ1v) is 2.80. The molecule has 0 unspecified atom stereocenters. The third-order valence-corrected chi connectivity index (χ3v) is 1.16. The minimum atomic E-state index is 0.292. The highest BCUT2D eigenvalue weighted by Gasteiger charge is 1.92. The van der Waals surface area contributed by atoms with Gasteiger partial charge < -0.3 is 9.62 Å². The van der Waals surface area contributed by atoms with Crippen molar-refractivity contribution < 1.29 is 14.9 Å². The monoisotopic (exact) mass is 139 g/mol. The Balaban J connectivity index is 2.80. The second-order valence-corrected chi connectivity index (χ2v) is 1.76. The van der Waals surface area contributed by atoms with Crippen molar-refractivity contribution in [3.8, 4) is 11.5 Å². The first-order chi connectivity index (χ1) is 4.86. The Morgan fingerprint density at radius 2 is 1.60 bits per heavy atom. The van der Waals surface area contributed by atoms with Crippen LogP contribution in [0.1, 0.15) is 0 Å². The topological polar surface area (TPSA) is 38.4 Å². The van der Waals surface area contributed by atoms with Crippen LogP contribution >= 0.6 is 0 Å². The molecular formula is C7H7O3. The molecule has 3 heteroatoms. The van der Waals surface area contributed by atoms with Crippen LogP contribution in [0.3, 0.4) is 0 Å². The molecule has 0 saturated heterocycles. The highest BCUT2D eigenvalue weighted by atomic mass is 17.1. The van der Waals surface area contributed by atoms with E-state index in [9.17, 15) is 5.26 Å². The maximum absolute atomic E-state index is 9.79. The molecule has 0 aromatic heterocycles. The van der Waals surface area contributed by atoms with E-state index >= 15 is 0 Å². The second-order valence-electron chi connectivity index (χ2n) is 1.76. The van der Waals surface area contributed by atoms with Crippen LogP contribution in [0.5, 0.6) is 11.5 Å². The van der Waals surface area contributed by atoms with Gasteiger partial charge >= 0.3 is 0 Å². The Hall–Kier alpha value is -1.22. The maximum atomic E-state index is 9.79. The van der Waals surface area contributed by atoms with Gasteiger partial charge in [-0.15, -0.1) is 0 Å². The van der Waals surface area contributed by atoms with Crippen LogP contribution in [-0.4, -0.2) is 7.11 Å². The zero-order valence-electron chi connectivity index (χ0n) is 5.53. The van der Waals surface area contributed by atoms with Crippen LogP contribution in [-0.2, 0) is 5.26 Å². The molecule has 0 aliphatic carbocycles. The molecule has 0 spiro atoms. The van der Waals surface area contributed by atoms with Gasteiger partial charge in [0, 0.05) is 5.26 Å². The standard InChI is InChI=1S/C7H7O3/c1-9-6-2-4-7(10-8)5-3-6/h2-5H,1H3. The van der Waals surface area contributed by atoms with Gasteiger partial charge in [-0.3, -0.25) is 0 Å². The number of ether oxygens (including phenoxy) is 1. The number of benzene rings is 1.